The van der Waals surface area contributed by atoms with Crippen LogP contribution >= 0.6 is 0 Å². The van der Waals surface area contributed by atoms with Crippen LogP contribution in [-0.2, 0) is 4.79 Å². The summed E-state index contributed by atoms with van der Waals surface area (Å²) in [7, 11) is 0. The van der Waals surface area contributed by atoms with Crippen molar-refractivity contribution < 1.29 is 9.90 Å². The number of hydrogen-bond acceptors (Lipinski definition) is 2. The van der Waals surface area contributed by atoms with Gasteiger partial charge in [-0.05, 0) is 91.8 Å². The molecule has 24 heavy (non-hydrogen) atoms. The number of rotatable bonds is 0. The van der Waals surface area contributed by atoms with Crippen molar-refractivity contribution in [1.29, 1.82) is 0 Å². The number of Topliss-reactive ketones (excluding diaryl/α,β-unsaturated/α-hetero) is 1. The van der Waals surface area contributed by atoms with Crippen molar-refractivity contribution >= 4 is 5.78 Å². The highest BCUT2D eigenvalue weighted by Gasteiger charge is 2.78. The molecule has 2 heteroatoms. The average Bonchev–Trinajstić information content (AvgIpc) is 3.41. The molecular formula is C22H32O2. The van der Waals surface area contributed by atoms with Crippen LogP contribution < -0.4 is 0 Å². The normalized spacial score (nSPS) is 69.1. The minimum absolute atomic E-state index is 0.00430. The van der Waals surface area contributed by atoms with Crippen molar-refractivity contribution in [2.45, 2.75) is 71.3 Å². The van der Waals surface area contributed by atoms with E-state index in [1.54, 1.807) is 0 Å². The van der Waals surface area contributed by atoms with Gasteiger partial charge in [-0.3, -0.25) is 4.79 Å². The lowest BCUT2D eigenvalue weighted by Crippen LogP contribution is -2.63. The molecule has 0 aromatic heterocycles. The monoisotopic (exact) mass is 328 g/mol. The van der Waals surface area contributed by atoms with Gasteiger partial charge in [-0.15, -0.1) is 0 Å². The molecule has 3 unspecified atom stereocenters. The van der Waals surface area contributed by atoms with Gasteiger partial charge in [-0.25, -0.2) is 0 Å². The van der Waals surface area contributed by atoms with Crippen molar-refractivity contribution in [3.05, 3.63) is 0 Å². The average molecular weight is 328 g/mol. The van der Waals surface area contributed by atoms with Crippen LogP contribution in [0.2, 0.25) is 0 Å². The van der Waals surface area contributed by atoms with E-state index in [1.807, 2.05) is 0 Å². The number of aliphatic hydroxyl groups is 1. The predicted octanol–water partition coefficient (Wildman–Crippen LogP) is 4.06. The molecule has 0 heterocycles. The largest absolute Gasteiger partial charge is 0.389 e. The van der Waals surface area contributed by atoms with Crippen molar-refractivity contribution in [2.24, 2.45) is 58.2 Å². The lowest BCUT2D eigenvalue weighted by molar-refractivity contribution is -0.218. The van der Waals surface area contributed by atoms with E-state index >= 15 is 0 Å². The van der Waals surface area contributed by atoms with Gasteiger partial charge >= 0.3 is 0 Å². The summed E-state index contributed by atoms with van der Waals surface area (Å²) in [5, 5.41) is 11.8. The van der Waals surface area contributed by atoms with Crippen LogP contribution in [0.25, 0.3) is 0 Å². The molecule has 6 rings (SSSR count). The third-order valence-electron chi connectivity index (χ3n) is 10.4. The molecule has 0 bridgehead atoms. The van der Waals surface area contributed by atoms with Crippen LogP contribution in [0.15, 0.2) is 0 Å². The van der Waals surface area contributed by atoms with E-state index < -0.39 is 5.60 Å². The maximum atomic E-state index is 12.9. The Morgan fingerprint density at radius 1 is 1.04 bits per heavy atom. The van der Waals surface area contributed by atoms with Gasteiger partial charge in [-0.2, -0.15) is 0 Å². The minimum Gasteiger partial charge on any atom is -0.389 e. The fourth-order valence-corrected chi connectivity index (χ4v) is 9.08. The van der Waals surface area contributed by atoms with Crippen molar-refractivity contribution in [3.63, 3.8) is 0 Å². The lowest BCUT2D eigenvalue weighted by atomic mass is 9.42. The summed E-state index contributed by atoms with van der Waals surface area (Å²) in [5.74, 6) is 5.79. The summed E-state index contributed by atoms with van der Waals surface area (Å²) in [5.41, 5.74) is -0.301. The molecule has 6 aliphatic rings. The fourth-order valence-electron chi connectivity index (χ4n) is 9.08. The number of hydrogen-bond donors (Lipinski definition) is 1. The van der Waals surface area contributed by atoms with Crippen LogP contribution in [0.3, 0.4) is 0 Å². The van der Waals surface area contributed by atoms with E-state index in [0.29, 0.717) is 41.3 Å². The molecule has 0 spiro atoms. The summed E-state index contributed by atoms with van der Waals surface area (Å²) in [4.78, 5) is 12.9. The highest BCUT2D eigenvalue weighted by Crippen LogP contribution is 2.79. The zero-order valence-electron chi connectivity index (χ0n) is 15.4. The van der Waals surface area contributed by atoms with Gasteiger partial charge in [0.1, 0.15) is 5.78 Å². The molecule has 0 aromatic carbocycles. The highest BCUT2D eigenvalue weighted by molar-refractivity contribution is 5.92. The van der Waals surface area contributed by atoms with Crippen LogP contribution in [0.4, 0.5) is 0 Å². The quantitative estimate of drug-likeness (QED) is 0.728. The van der Waals surface area contributed by atoms with Crippen molar-refractivity contribution in [2.75, 3.05) is 0 Å². The number of ketones is 1. The van der Waals surface area contributed by atoms with Gasteiger partial charge in [0.15, 0.2) is 0 Å². The zero-order chi connectivity index (χ0) is 16.6. The second kappa shape index (κ2) is 3.97. The maximum absolute atomic E-state index is 12.9. The number of carbonyl (C=O) groups is 1. The van der Waals surface area contributed by atoms with Gasteiger partial charge in [0, 0.05) is 11.3 Å². The van der Waals surface area contributed by atoms with Gasteiger partial charge in [0.2, 0.25) is 0 Å². The Balaban J connectivity index is 1.45. The molecule has 0 amide bonds. The molecule has 6 aliphatic carbocycles. The van der Waals surface area contributed by atoms with E-state index in [0.717, 1.165) is 24.7 Å². The molecule has 0 aliphatic heterocycles. The third-order valence-corrected chi connectivity index (χ3v) is 10.4. The zero-order valence-corrected chi connectivity index (χ0v) is 15.4. The first-order chi connectivity index (χ1) is 11.3. The Bertz CT molecular complexity index is 642. The van der Waals surface area contributed by atoms with E-state index in [1.165, 1.54) is 32.1 Å². The Morgan fingerprint density at radius 3 is 2.62 bits per heavy atom. The van der Waals surface area contributed by atoms with Gasteiger partial charge in [0.25, 0.3) is 0 Å². The minimum atomic E-state index is -0.407. The number of carbonyl (C=O) groups excluding carboxylic acids is 1. The number of fused-ring (bicyclic) bond motifs is 10. The Labute approximate surface area is 145 Å². The highest BCUT2D eigenvalue weighted by atomic mass is 16.3. The molecule has 0 aromatic rings. The molecule has 6 fully saturated rings. The van der Waals surface area contributed by atoms with E-state index in [-0.39, 0.29) is 10.8 Å². The summed E-state index contributed by atoms with van der Waals surface area (Å²) >= 11 is 0. The lowest BCUT2D eigenvalue weighted by Gasteiger charge is -2.63. The molecule has 132 valence electrons. The van der Waals surface area contributed by atoms with Crippen LogP contribution in [0.1, 0.15) is 65.7 Å². The molecule has 6 saturated carbocycles. The standard InChI is InChI=1S/C22H32O2/c1-11-4-7-21(3)15-5-6-20(2)18(12-8-13(12)19(20)23)17(15)14-9-16(14)22(21,24)10-11/h11-18,24H,4-10H2,1-3H3/t11-,12+,13-,14-,15?,16+,17?,18?,20-,21+,22+/m0/s1. The van der Waals surface area contributed by atoms with Gasteiger partial charge < -0.3 is 5.11 Å². The van der Waals surface area contributed by atoms with E-state index in [9.17, 15) is 9.90 Å². The molecule has 0 radical (unpaired) electrons. The smallest absolute Gasteiger partial charge is 0.142 e. The van der Waals surface area contributed by atoms with Gasteiger partial charge in [0.05, 0.1) is 5.60 Å². The second-order valence-electron chi connectivity index (χ2n) is 11.2. The SMILES string of the molecule is C[C@H]1CC[C@]2(C)C3CC[C@]4(C)C(=O)[C@H]5C[C@H]5C4C3[C@H]3C[C@H]3[C@]2(O)C1. The van der Waals surface area contributed by atoms with Crippen LogP contribution in [0, 0.1) is 58.2 Å². The predicted molar refractivity (Wildman–Crippen MR) is 92.1 cm³/mol. The first-order valence-corrected chi connectivity index (χ1v) is 10.6. The molecular weight excluding hydrogens is 296 g/mol. The summed E-state index contributed by atoms with van der Waals surface area (Å²) in [6, 6.07) is 0. The Morgan fingerprint density at radius 2 is 1.83 bits per heavy atom. The van der Waals surface area contributed by atoms with E-state index in [4.69, 9.17) is 0 Å². The summed E-state index contributed by atoms with van der Waals surface area (Å²) < 4.78 is 0. The summed E-state index contributed by atoms with van der Waals surface area (Å²) in [6.45, 7) is 7.09. The maximum Gasteiger partial charge on any atom is 0.142 e. The topological polar surface area (TPSA) is 37.3 Å². The Hall–Kier alpha value is -0.370. The van der Waals surface area contributed by atoms with E-state index in [2.05, 4.69) is 20.8 Å². The first-order valence-electron chi connectivity index (χ1n) is 10.6. The molecule has 11 atom stereocenters. The van der Waals surface area contributed by atoms with Crippen LogP contribution in [-0.4, -0.2) is 16.5 Å². The second-order valence-corrected chi connectivity index (χ2v) is 11.2. The van der Waals surface area contributed by atoms with Crippen LogP contribution in [0.5, 0.6) is 0 Å². The molecule has 0 saturated heterocycles. The Kier molecular flexibility index (Phi) is 2.44. The van der Waals surface area contributed by atoms with Gasteiger partial charge in [-0.1, -0.05) is 20.8 Å². The molecule has 2 nitrogen and oxygen atoms in total. The first kappa shape index (κ1) is 14.8. The summed E-state index contributed by atoms with van der Waals surface area (Å²) in [6.07, 6.45) is 8.26. The molecule has 1 N–H and O–H groups in total. The van der Waals surface area contributed by atoms with Crippen molar-refractivity contribution in [3.8, 4) is 0 Å². The fraction of sp³-hybridized carbons (Fsp3) is 0.955. The third kappa shape index (κ3) is 1.38. The van der Waals surface area contributed by atoms with Crippen molar-refractivity contribution in [1.82, 2.24) is 0 Å².